The number of hydrogen-bond acceptors (Lipinski definition) is 9. The van der Waals surface area contributed by atoms with Crippen LogP contribution in [0.25, 0.3) is 0 Å². The van der Waals surface area contributed by atoms with Crippen LogP contribution >= 0.6 is 0 Å². The minimum absolute atomic E-state index is 0.0116. The van der Waals surface area contributed by atoms with Gasteiger partial charge in [0.1, 0.15) is 11.3 Å². The monoisotopic (exact) mass is 488 g/mol. The molecule has 1 aromatic carbocycles. The highest BCUT2D eigenvalue weighted by Crippen LogP contribution is 2.81. The number of carbonyl (C=O) groups is 2. The first-order valence-corrected chi connectivity index (χ1v) is 12.1. The number of esters is 1. The Bertz CT molecular complexity index is 1140. The maximum Gasteiger partial charge on any atom is 0.414 e. The molecule has 7 rings (SSSR count). The second-order valence-electron chi connectivity index (χ2n) is 10.6. The Kier molecular flexibility index (Phi) is 4.45. The van der Waals surface area contributed by atoms with E-state index in [1.807, 2.05) is 6.07 Å². The molecule has 2 N–H and O–H groups in total. The first-order chi connectivity index (χ1) is 16.7. The highest BCUT2D eigenvalue weighted by Gasteiger charge is 2.92. The van der Waals surface area contributed by atoms with E-state index < -0.39 is 39.8 Å². The van der Waals surface area contributed by atoms with E-state index in [2.05, 4.69) is 4.90 Å². The summed E-state index contributed by atoms with van der Waals surface area (Å²) in [5.41, 5.74) is -5.92. The molecule has 5 atom stereocenters. The molecule has 35 heavy (non-hydrogen) atoms. The van der Waals surface area contributed by atoms with Crippen LogP contribution in [-0.4, -0.2) is 85.6 Å². The lowest BCUT2D eigenvalue weighted by atomic mass is 9.35. The first-order valence-electron chi connectivity index (χ1n) is 12.1. The van der Waals surface area contributed by atoms with E-state index >= 15 is 0 Å². The predicted octanol–water partition coefficient (Wildman–Crippen LogP) is 1.54. The molecule has 3 aliphatic carbocycles. The molecule has 2 saturated heterocycles. The zero-order valence-electron chi connectivity index (χ0n) is 20.5. The normalized spacial score (nSPS) is 40.6. The third kappa shape index (κ3) is 2.01. The Balaban J connectivity index is 1.80. The van der Waals surface area contributed by atoms with Gasteiger partial charge in [-0.15, -0.1) is 0 Å². The molecule has 3 saturated carbocycles. The minimum Gasteiger partial charge on any atom is -0.493 e. The highest BCUT2D eigenvalue weighted by molar-refractivity contribution is 6.01. The van der Waals surface area contributed by atoms with E-state index in [0.717, 1.165) is 6.42 Å². The maximum absolute atomic E-state index is 13.7. The van der Waals surface area contributed by atoms with Crippen molar-refractivity contribution in [1.82, 2.24) is 4.90 Å². The third-order valence-corrected chi connectivity index (χ3v) is 10.0. The van der Waals surface area contributed by atoms with E-state index in [-0.39, 0.29) is 12.2 Å². The number of ether oxygens (including phenoxy) is 4. The number of nitrogens with zero attached hydrogens (tertiary/aromatic N) is 2. The fourth-order valence-electron chi connectivity index (χ4n) is 9.13. The van der Waals surface area contributed by atoms with Gasteiger partial charge in [-0.25, -0.2) is 9.59 Å². The number of carbonyl (C=O) groups excluding carboxylic acids is 2. The summed E-state index contributed by atoms with van der Waals surface area (Å²) in [7, 11) is 5.49. The van der Waals surface area contributed by atoms with Crippen LogP contribution in [0.5, 0.6) is 11.5 Å². The van der Waals surface area contributed by atoms with Crippen molar-refractivity contribution >= 4 is 17.7 Å². The van der Waals surface area contributed by atoms with E-state index in [1.54, 1.807) is 6.07 Å². The number of aliphatic hydroxyl groups is 2. The van der Waals surface area contributed by atoms with Crippen LogP contribution in [0.1, 0.15) is 44.1 Å². The van der Waals surface area contributed by atoms with Gasteiger partial charge in [-0.3, -0.25) is 9.80 Å². The summed E-state index contributed by atoms with van der Waals surface area (Å²) in [6.07, 6.45) is 2.04. The second-order valence-corrected chi connectivity index (χ2v) is 10.6. The molecule has 0 aromatic heterocycles. The van der Waals surface area contributed by atoms with Crippen molar-refractivity contribution in [2.24, 2.45) is 5.41 Å². The molecule has 3 heterocycles. The van der Waals surface area contributed by atoms with Gasteiger partial charge in [0.25, 0.3) is 0 Å². The van der Waals surface area contributed by atoms with Crippen molar-refractivity contribution < 1.29 is 38.7 Å². The lowest BCUT2D eigenvalue weighted by Gasteiger charge is -2.75. The Hall–Kier alpha value is -2.56. The van der Waals surface area contributed by atoms with Crippen molar-refractivity contribution in [3.8, 4) is 11.5 Å². The van der Waals surface area contributed by atoms with Crippen molar-refractivity contribution in [2.45, 2.75) is 60.8 Å². The number of fused-ring (bicyclic) bond motifs is 3. The Morgan fingerprint density at radius 1 is 0.943 bits per heavy atom. The van der Waals surface area contributed by atoms with Gasteiger partial charge in [-0.2, -0.15) is 0 Å². The molecule has 2 bridgehead atoms. The topological polar surface area (TPSA) is 118 Å². The molecular formula is C25H32N2O8. The molecule has 5 fully saturated rings. The van der Waals surface area contributed by atoms with Crippen molar-refractivity contribution in [1.29, 1.82) is 0 Å². The van der Waals surface area contributed by atoms with Crippen LogP contribution in [-0.2, 0) is 19.7 Å². The molecule has 0 radical (unpaired) electrons. The van der Waals surface area contributed by atoms with Gasteiger partial charge in [0.15, 0.2) is 17.1 Å². The van der Waals surface area contributed by atoms with Crippen LogP contribution in [0.15, 0.2) is 12.1 Å². The molecule has 6 aliphatic rings. The Morgan fingerprint density at radius 3 is 2.37 bits per heavy atom. The number of rotatable bonds is 3. The van der Waals surface area contributed by atoms with Gasteiger partial charge in [-0.1, -0.05) is 6.07 Å². The number of benzene rings is 1. The molecule has 10 heteroatoms. The standard InChI is InChI=1S/C25H32N2O8/c1-32-16-7-6-15-17(18(16)33-2)27(20(29)35-4)24-10-9-21(14-23(24,30)19(28)34-3)8-5-12-26-13-11-22(15,24)25(21,26)31/h6-7,30-31H,5,8-14H2,1-4H3/t21-,22+,23-,24+,25-/m1/s1. The van der Waals surface area contributed by atoms with E-state index in [4.69, 9.17) is 18.9 Å². The summed E-state index contributed by atoms with van der Waals surface area (Å²) in [5.74, 6) is -0.131. The van der Waals surface area contributed by atoms with Crippen molar-refractivity contribution in [3.63, 3.8) is 0 Å². The molecule has 3 aliphatic heterocycles. The van der Waals surface area contributed by atoms with Gasteiger partial charge >= 0.3 is 12.1 Å². The number of methoxy groups -OCH3 is 4. The zero-order valence-corrected chi connectivity index (χ0v) is 20.5. The largest absolute Gasteiger partial charge is 0.493 e. The highest BCUT2D eigenvalue weighted by atomic mass is 16.6. The lowest BCUT2D eigenvalue weighted by molar-refractivity contribution is -0.327. The van der Waals surface area contributed by atoms with Crippen molar-refractivity contribution in [2.75, 3.05) is 46.4 Å². The van der Waals surface area contributed by atoms with E-state index in [0.29, 0.717) is 55.8 Å². The van der Waals surface area contributed by atoms with Gasteiger partial charge in [0.05, 0.1) is 39.5 Å². The van der Waals surface area contributed by atoms with Gasteiger partial charge in [-0.05, 0) is 50.2 Å². The number of hydrogen-bond donors (Lipinski definition) is 2. The van der Waals surface area contributed by atoms with E-state index in [1.165, 1.54) is 33.3 Å². The number of amides is 1. The molecule has 190 valence electrons. The molecule has 10 nitrogen and oxygen atoms in total. The first kappa shape index (κ1) is 22.9. The van der Waals surface area contributed by atoms with Crippen LogP contribution in [0.4, 0.5) is 10.5 Å². The summed E-state index contributed by atoms with van der Waals surface area (Å²) in [6.45, 7) is 1.27. The molecular weight excluding hydrogens is 456 g/mol. The van der Waals surface area contributed by atoms with Crippen LogP contribution in [0, 0.1) is 5.41 Å². The second kappa shape index (κ2) is 6.80. The zero-order chi connectivity index (χ0) is 25.0. The van der Waals surface area contributed by atoms with Gasteiger partial charge in [0.2, 0.25) is 0 Å². The summed E-state index contributed by atoms with van der Waals surface area (Å²) in [4.78, 5) is 30.7. The average Bonchev–Trinajstić information content (AvgIpc) is 3.33. The summed E-state index contributed by atoms with van der Waals surface area (Å²) >= 11 is 0. The number of anilines is 1. The quantitative estimate of drug-likeness (QED) is 0.611. The SMILES string of the molecule is COC(=O)N1c2c(ccc(OC)c2OC)[C@@]23CCN4CCC[C@]5(CC[C@]12[C@](O)(C(=O)OC)C5)[C@]43O. The van der Waals surface area contributed by atoms with E-state index in [9.17, 15) is 19.8 Å². The molecule has 1 amide bonds. The summed E-state index contributed by atoms with van der Waals surface area (Å²) < 4.78 is 21.8. The molecule has 3 spiro atoms. The summed E-state index contributed by atoms with van der Waals surface area (Å²) in [6, 6.07) is 3.59. The summed E-state index contributed by atoms with van der Waals surface area (Å²) in [5, 5.41) is 25.4. The van der Waals surface area contributed by atoms with Crippen LogP contribution in [0.3, 0.4) is 0 Å². The lowest BCUT2D eigenvalue weighted by Crippen LogP contribution is -2.90. The Morgan fingerprint density at radius 2 is 1.71 bits per heavy atom. The average molecular weight is 489 g/mol. The fraction of sp³-hybridized carbons (Fsp3) is 0.680. The van der Waals surface area contributed by atoms with Gasteiger partial charge < -0.3 is 29.2 Å². The fourth-order valence-corrected chi connectivity index (χ4v) is 9.13. The molecule has 1 aromatic rings. The third-order valence-electron chi connectivity index (χ3n) is 10.0. The maximum atomic E-state index is 13.7. The van der Waals surface area contributed by atoms with Crippen LogP contribution in [0.2, 0.25) is 0 Å². The smallest absolute Gasteiger partial charge is 0.414 e. The molecule has 0 unspecified atom stereocenters. The van der Waals surface area contributed by atoms with Gasteiger partial charge in [0, 0.05) is 18.5 Å². The van der Waals surface area contributed by atoms with Crippen molar-refractivity contribution in [3.05, 3.63) is 17.7 Å². The minimum atomic E-state index is -2.08. The predicted molar refractivity (Wildman–Crippen MR) is 122 cm³/mol. The Labute approximate surface area is 203 Å². The number of piperidine rings is 1. The van der Waals surface area contributed by atoms with Crippen LogP contribution < -0.4 is 14.4 Å².